The van der Waals surface area contributed by atoms with Crippen LogP contribution >= 0.6 is 0 Å². The average Bonchev–Trinajstić information content (AvgIpc) is 2.67. The van der Waals surface area contributed by atoms with E-state index in [4.69, 9.17) is 4.74 Å². The van der Waals surface area contributed by atoms with Gasteiger partial charge in [0.05, 0.1) is 12.3 Å². The van der Waals surface area contributed by atoms with E-state index in [1.54, 1.807) is 18.2 Å². The fourth-order valence-corrected chi connectivity index (χ4v) is 2.53. The van der Waals surface area contributed by atoms with Gasteiger partial charge in [0.2, 0.25) is 0 Å². The molecule has 0 aliphatic carbocycles. The van der Waals surface area contributed by atoms with Crippen molar-refractivity contribution in [2.75, 3.05) is 17.2 Å². The third-order valence-electron chi connectivity index (χ3n) is 4.12. The Morgan fingerprint density at radius 1 is 0.963 bits per heavy atom. The van der Waals surface area contributed by atoms with Crippen LogP contribution in [0.3, 0.4) is 0 Å². The number of para-hydroxylation sites is 2. The van der Waals surface area contributed by atoms with Crippen LogP contribution in [0.2, 0.25) is 0 Å². The molecule has 0 radical (unpaired) electrons. The Labute approximate surface area is 158 Å². The zero-order valence-corrected chi connectivity index (χ0v) is 15.6. The molecule has 0 aliphatic heterocycles. The van der Waals surface area contributed by atoms with Crippen LogP contribution in [-0.2, 0) is 0 Å². The van der Waals surface area contributed by atoms with Crippen LogP contribution in [-0.4, -0.2) is 22.7 Å². The van der Waals surface area contributed by atoms with Crippen LogP contribution in [0.15, 0.2) is 54.6 Å². The Hall–Kier alpha value is -3.41. The summed E-state index contributed by atoms with van der Waals surface area (Å²) in [4.78, 5) is 12.4. The highest BCUT2D eigenvalue weighted by Crippen LogP contribution is 2.26. The van der Waals surface area contributed by atoms with Crippen molar-refractivity contribution in [1.29, 1.82) is 0 Å². The molecule has 0 atom stereocenters. The number of hydrogen-bond donors (Lipinski definition) is 2. The SMILES string of the molecule is CCOc1ccccc1Nc1ccc(NC(=O)c2ccc(C)c(C)c2)nn1. The van der Waals surface area contributed by atoms with Crippen LogP contribution in [0.1, 0.15) is 28.4 Å². The summed E-state index contributed by atoms with van der Waals surface area (Å²) >= 11 is 0. The molecule has 27 heavy (non-hydrogen) atoms. The van der Waals surface area contributed by atoms with Crippen molar-refractivity contribution in [1.82, 2.24) is 10.2 Å². The third kappa shape index (κ3) is 4.61. The Morgan fingerprint density at radius 3 is 2.41 bits per heavy atom. The zero-order valence-electron chi connectivity index (χ0n) is 15.6. The normalized spacial score (nSPS) is 10.3. The van der Waals surface area contributed by atoms with Crippen LogP contribution in [0, 0.1) is 13.8 Å². The fourth-order valence-electron chi connectivity index (χ4n) is 2.53. The standard InChI is InChI=1S/C21H22N4O2/c1-4-27-18-8-6-5-7-17(18)22-19-11-12-20(25-24-19)23-21(26)16-10-9-14(2)15(3)13-16/h5-13H,4H2,1-3H3,(H,22,24)(H,23,25,26). The number of rotatable bonds is 6. The summed E-state index contributed by atoms with van der Waals surface area (Å²) in [5.41, 5.74) is 3.61. The average molecular weight is 362 g/mol. The highest BCUT2D eigenvalue weighted by Gasteiger charge is 2.09. The number of nitrogens with zero attached hydrogens (tertiary/aromatic N) is 2. The lowest BCUT2D eigenvalue weighted by Gasteiger charge is -2.11. The van der Waals surface area contributed by atoms with Crippen molar-refractivity contribution in [3.05, 3.63) is 71.3 Å². The smallest absolute Gasteiger partial charge is 0.256 e. The summed E-state index contributed by atoms with van der Waals surface area (Å²) in [6, 6.07) is 16.7. The number of nitrogens with one attached hydrogen (secondary N) is 2. The van der Waals surface area contributed by atoms with Crippen molar-refractivity contribution in [2.24, 2.45) is 0 Å². The van der Waals surface area contributed by atoms with Gasteiger partial charge >= 0.3 is 0 Å². The molecule has 1 amide bonds. The lowest BCUT2D eigenvalue weighted by atomic mass is 10.1. The van der Waals surface area contributed by atoms with E-state index in [2.05, 4.69) is 20.8 Å². The molecule has 0 fully saturated rings. The van der Waals surface area contributed by atoms with Crippen molar-refractivity contribution in [3.8, 4) is 5.75 Å². The highest BCUT2D eigenvalue weighted by molar-refractivity contribution is 6.03. The van der Waals surface area contributed by atoms with Gasteiger partial charge in [0.1, 0.15) is 5.75 Å². The van der Waals surface area contributed by atoms with Gasteiger partial charge in [-0.05, 0) is 68.3 Å². The molecule has 138 valence electrons. The Kier molecular flexibility index (Phi) is 5.66. The van der Waals surface area contributed by atoms with Gasteiger partial charge in [-0.25, -0.2) is 0 Å². The van der Waals surface area contributed by atoms with Crippen LogP contribution in [0.25, 0.3) is 0 Å². The molecular weight excluding hydrogens is 340 g/mol. The zero-order chi connectivity index (χ0) is 19.2. The first kappa shape index (κ1) is 18.4. The minimum atomic E-state index is -0.213. The predicted molar refractivity (Wildman–Crippen MR) is 107 cm³/mol. The summed E-state index contributed by atoms with van der Waals surface area (Å²) in [6.45, 7) is 6.50. The number of hydrogen-bond acceptors (Lipinski definition) is 5. The quantitative estimate of drug-likeness (QED) is 0.676. The van der Waals surface area contributed by atoms with Gasteiger partial charge in [0.15, 0.2) is 11.6 Å². The topological polar surface area (TPSA) is 76.1 Å². The molecule has 1 heterocycles. The van der Waals surface area contributed by atoms with E-state index < -0.39 is 0 Å². The molecule has 3 aromatic rings. The number of benzene rings is 2. The van der Waals surface area contributed by atoms with Crippen molar-refractivity contribution in [2.45, 2.75) is 20.8 Å². The van der Waals surface area contributed by atoms with Gasteiger partial charge in [0, 0.05) is 5.56 Å². The number of carbonyl (C=O) groups is 1. The lowest BCUT2D eigenvalue weighted by Crippen LogP contribution is -2.14. The van der Waals surface area contributed by atoms with Gasteiger partial charge in [-0.2, -0.15) is 0 Å². The molecule has 3 rings (SSSR count). The molecule has 2 aromatic carbocycles. The molecule has 0 bridgehead atoms. The van der Waals surface area contributed by atoms with Crippen LogP contribution < -0.4 is 15.4 Å². The van der Waals surface area contributed by atoms with E-state index in [1.165, 1.54) is 0 Å². The summed E-state index contributed by atoms with van der Waals surface area (Å²) in [5, 5.41) is 14.1. The van der Waals surface area contributed by atoms with Crippen molar-refractivity contribution in [3.63, 3.8) is 0 Å². The summed E-state index contributed by atoms with van der Waals surface area (Å²) in [5.74, 6) is 1.48. The first-order valence-corrected chi connectivity index (χ1v) is 8.78. The molecule has 0 spiro atoms. The number of carbonyl (C=O) groups excluding carboxylic acids is 1. The maximum absolute atomic E-state index is 12.4. The van der Waals surface area contributed by atoms with Gasteiger partial charge in [-0.15, -0.1) is 10.2 Å². The van der Waals surface area contributed by atoms with Gasteiger partial charge in [0.25, 0.3) is 5.91 Å². The van der Waals surface area contributed by atoms with E-state index in [0.717, 1.165) is 22.6 Å². The molecule has 0 unspecified atom stereocenters. The maximum atomic E-state index is 12.4. The molecule has 6 nitrogen and oxygen atoms in total. The van der Waals surface area contributed by atoms with Crippen LogP contribution in [0.4, 0.5) is 17.3 Å². The molecular formula is C21H22N4O2. The molecule has 0 saturated carbocycles. The number of ether oxygens (including phenoxy) is 1. The second kappa shape index (κ2) is 8.31. The second-order valence-corrected chi connectivity index (χ2v) is 6.11. The first-order valence-electron chi connectivity index (χ1n) is 8.78. The number of aryl methyl sites for hydroxylation is 2. The van der Waals surface area contributed by atoms with E-state index >= 15 is 0 Å². The maximum Gasteiger partial charge on any atom is 0.256 e. The molecule has 0 saturated heterocycles. The molecule has 0 aliphatic rings. The minimum absolute atomic E-state index is 0.213. The lowest BCUT2D eigenvalue weighted by molar-refractivity contribution is 0.102. The third-order valence-corrected chi connectivity index (χ3v) is 4.12. The largest absolute Gasteiger partial charge is 0.492 e. The fraction of sp³-hybridized carbons (Fsp3) is 0.190. The molecule has 6 heteroatoms. The van der Waals surface area contributed by atoms with E-state index in [-0.39, 0.29) is 5.91 Å². The number of aromatic nitrogens is 2. The Bertz CT molecular complexity index is 939. The van der Waals surface area contributed by atoms with Crippen molar-refractivity contribution < 1.29 is 9.53 Å². The monoisotopic (exact) mass is 362 g/mol. The molecule has 2 N–H and O–H groups in total. The van der Waals surface area contributed by atoms with E-state index in [1.807, 2.05) is 57.2 Å². The summed E-state index contributed by atoms with van der Waals surface area (Å²) in [7, 11) is 0. The van der Waals surface area contributed by atoms with E-state index in [9.17, 15) is 4.79 Å². The predicted octanol–water partition coefficient (Wildman–Crippen LogP) is 4.49. The number of amides is 1. The van der Waals surface area contributed by atoms with Gasteiger partial charge < -0.3 is 15.4 Å². The highest BCUT2D eigenvalue weighted by atomic mass is 16.5. The van der Waals surface area contributed by atoms with Crippen molar-refractivity contribution >= 4 is 23.2 Å². The minimum Gasteiger partial charge on any atom is -0.492 e. The Morgan fingerprint density at radius 2 is 1.70 bits per heavy atom. The van der Waals surface area contributed by atoms with Gasteiger partial charge in [-0.3, -0.25) is 4.79 Å². The van der Waals surface area contributed by atoms with Crippen LogP contribution in [0.5, 0.6) is 5.75 Å². The van der Waals surface area contributed by atoms with E-state index in [0.29, 0.717) is 23.8 Å². The first-order chi connectivity index (χ1) is 13.1. The number of anilines is 3. The van der Waals surface area contributed by atoms with Gasteiger partial charge in [-0.1, -0.05) is 18.2 Å². The second-order valence-electron chi connectivity index (χ2n) is 6.11. The summed E-state index contributed by atoms with van der Waals surface area (Å²) < 4.78 is 5.58. The summed E-state index contributed by atoms with van der Waals surface area (Å²) in [6.07, 6.45) is 0. The molecule has 1 aromatic heterocycles. The Balaban J connectivity index is 1.68.